The lowest BCUT2D eigenvalue weighted by Gasteiger charge is -2.28. The zero-order valence-corrected chi connectivity index (χ0v) is 13.5. The Morgan fingerprint density at radius 2 is 2.19 bits per heavy atom. The van der Waals surface area contributed by atoms with E-state index in [1.807, 2.05) is 30.8 Å². The molecule has 1 aliphatic heterocycles. The Hall–Kier alpha value is -1.53. The second kappa shape index (κ2) is 5.69. The molecule has 2 heterocycles. The first-order valence-corrected chi connectivity index (χ1v) is 8.56. The Kier molecular flexibility index (Phi) is 3.91. The molecular weight excluding hydrogens is 304 g/mol. The lowest BCUT2D eigenvalue weighted by Crippen LogP contribution is -2.19. The summed E-state index contributed by atoms with van der Waals surface area (Å²) >= 11 is 3.64. The summed E-state index contributed by atoms with van der Waals surface area (Å²) in [4.78, 5) is 10.9. The van der Waals surface area contributed by atoms with Crippen LogP contribution in [0, 0.1) is 17.0 Å². The van der Waals surface area contributed by atoms with Gasteiger partial charge in [-0.15, -0.1) is 23.1 Å². The van der Waals surface area contributed by atoms with Crippen LogP contribution in [0.1, 0.15) is 30.5 Å². The van der Waals surface area contributed by atoms with Crippen molar-refractivity contribution in [3.05, 3.63) is 50.9 Å². The fourth-order valence-electron chi connectivity index (χ4n) is 2.59. The second-order valence-electron chi connectivity index (χ2n) is 5.30. The van der Waals surface area contributed by atoms with Gasteiger partial charge in [0.05, 0.1) is 15.2 Å². The number of fused-ring (bicyclic) bond motifs is 1. The lowest BCUT2D eigenvalue weighted by atomic mass is 10.0. The molecule has 2 atom stereocenters. The lowest BCUT2D eigenvalue weighted by molar-refractivity contribution is -0.384. The number of thiophene rings is 1. The number of nitrogens with zero attached hydrogens (tertiary/aromatic N) is 1. The van der Waals surface area contributed by atoms with E-state index in [0.717, 1.165) is 12.0 Å². The standard InChI is InChI=1S/C15H16N2O2S2/c1-9-3-4-12(14(7-9)17(18)19)16-13-8-10(2)21-15-11(13)5-6-20-15/h3-7,10,13,16H,8H2,1-2H3/t10-,13?/m0/s1. The molecule has 0 saturated heterocycles. The summed E-state index contributed by atoms with van der Waals surface area (Å²) < 4.78 is 1.32. The van der Waals surface area contributed by atoms with Crippen molar-refractivity contribution in [3.63, 3.8) is 0 Å². The minimum absolute atomic E-state index is 0.143. The van der Waals surface area contributed by atoms with Crippen LogP contribution in [0.5, 0.6) is 0 Å². The Balaban J connectivity index is 1.93. The number of hydrogen-bond acceptors (Lipinski definition) is 5. The number of anilines is 1. The highest BCUT2D eigenvalue weighted by Gasteiger charge is 2.27. The summed E-state index contributed by atoms with van der Waals surface area (Å²) in [5.41, 5.74) is 2.92. The van der Waals surface area contributed by atoms with E-state index in [4.69, 9.17) is 0 Å². The molecule has 1 aromatic carbocycles. The Morgan fingerprint density at radius 3 is 2.95 bits per heavy atom. The molecule has 0 aliphatic carbocycles. The third-order valence-corrected chi connectivity index (χ3v) is 5.93. The van der Waals surface area contributed by atoms with Crippen molar-refractivity contribution >= 4 is 34.5 Å². The maximum Gasteiger partial charge on any atom is 0.292 e. The number of rotatable bonds is 3. The van der Waals surface area contributed by atoms with Crippen LogP contribution in [-0.4, -0.2) is 10.2 Å². The van der Waals surface area contributed by atoms with Crippen molar-refractivity contribution in [2.45, 2.75) is 35.8 Å². The SMILES string of the molecule is Cc1ccc(NC2C[C@H](C)Sc3sccc32)c([N+](=O)[O-])c1. The summed E-state index contributed by atoms with van der Waals surface area (Å²) in [5.74, 6) is 0. The van der Waals surface area contributed by atoms with Gasteiger partial charge in [0.15, 0.2) is 0 Å². The van der Waals surface area contributed by atoms with Crippen LogP contribution in [0.3, 0.4) is 0 Å². The molecule has 0 fully saturated rings. The van der Waals surface area contributed by atoms with Crippen LogP contribution in [0.15, 0.2) is 33.9 Å². The van der Waals surface area contributed by atoms with Gasteiger partial charge in [0.25, 0.3) is 5.69 Å². The minimum atomic E-state index is -0.315. The van der Waals surface area contributed by atoms with Gasteiger partial charge in [0.1, 0.15) is 5.69 Å². The average Bonchev–Trinajstić information content (AvgIpc) is 2.88. The third kappa shape index (κ3) is 2.91. The molecule has 110 valence electrons. The van der Waals surface area contributed by atoms with Gasteiger partial charge >= 0.3 is 0 Å². The Morgan fingerprint density at radius 1 is 1.38 bits per heavy atom. The molecule has 1 aliphatic rings. The Labute approximate surface area is 131 Å². The smallest absolute Gasteiger partial charge is 0.292 e. The van der Waals surface area contributed by atoms with Crippen molar-refractivity contribution in [2.75, 3.05) is 5.32 Å². The molecule has 2 aromatic rings. The van der Waals surface area contributed by atoms with E-state index >= 15 is 0 Å². The van der Waals surface area contributed by atoms with Gasteiger partial charge in [-0.05, 0) is 42.0 Å². The van der Waals surface area contributed by atoms with Crippen molar-refractivity contribution < 1.29 is 4.92 Å². The number of nitro benzene ring substituents is 1. The van der Waals surface area contributed by atoms with Crippen molar-refractivity contribution in [3.8, 4) is 0 Å². The first kappa shape index (κ1) is 14.4. The zero-order chi connectivity index (χ0) is 15.0. The van der Waals surface area contributed by atoms with Gasteiger partial charge in [-0.2, -0.15) is 0 Å². The number of benzene rings is 1. The quantitative estimate of drug-likeness (QED) is 0.638. The zero-order valence-electron chi connectivity index (χ0n) is 11.8. The molecule has 6 heteroatoms. The molecule has 0 saturated carbocycles. The van der Waals surface area contributed by atoms with Gasteiger partial charge in [0, 0.05) is 11.3 Å². The molecule has 3 rings (SSSR count). The molecule has 1 unspecified atom stereocenters. The van der Waals surface area contributed by atoms with E-state index < -0.39 is 0 Å². The number of aryl methyl sites for hydroxylation is 1. The number of nitro groups is 1. The number of thioether (sulfide) groups is 1. The van der Waals surface area contributed by atoms with Crippen molar-refractivity contribution in [1.29, 1.82) is 0 Å². The maximum atomic E-state index is 11.2. The molecule has 4 nitrogen and oxygen atoms in total. The van der Waals surface area contributed by atoms with Crippen LogP contribution in [0.4, 0.5) is 11.4 Å². The minimum Gasteiger partial charge on any atom is -0.373 e. The second-order valence-corrected chi connectivity index (χ2v) is 7.93. The monoisotopic (exact) mass is 320 g/mol. The highest BCUT2D eigenvalue weighted by molar-refractivity contribution is 8.01. The summed E-state index contributed by atoms with van der Waals surface area (Å²) in [6.07, 6.45) is 0.972. The molecule has 1 aromatic heterocycles. The van der Waals surface area contributed by atoms with E-state index in [-0.39, 0.29) is 16.7 Å². The fraction of sp³-hybridized carbons (Fsp3) is 0.333. The van der Waals surface area contributed by atoms with Gasteiger partial charge < -0.3 is 5.32 Å². The third-order valence-electron chi connectivity index (χ3n) is 3.59. The van der Waals surface area contributed by atoms with Gasteiger partial charge in [-0.25, -0.2) is 0 Å². The largest absolute Gasteiger partial charge is 0.373 e. The first-order valence-electron chi connectivity index (χ1n) is 6.80. The summed E-state index contributed by atoms with van der Waals surface area (Å²) in [5, 5.41) is 17.2. The van der Waals surface area contributed by atoms with Crippen LogP contribution in [-0.2, 0) is 0 Å². The summed E-state index contributed by atoms with van der Waals surface area (Å²) in [6, 6.07) is 7.61. The van der Waals surface area contributed by atoms with E-state index in [0.29, 0.717) is 10.9 Å². The average molecular weight is 320 g/mol. The molecule has 0 bridgehead atoms. The van der Waals surface area contributed by atoms with Crippen LogP contribution >= 0.6 is 23.1 Å². The topological polar surface area (TPSA) is 55.2 Å². The normalized spacial score (nSPS) is 20.9. The highest BCUT2D eigenvalue weighted by Crippen LogP contribution is 2.45. The van der Waals surface area contributed by atoms with E-state index in [1.165, 1.54) is 9.77 Å². The molecular formula is C15H16N2O2S2. The van der Waals surface area contributed by atoms with Crippen molar-refractivity contribution in [1.82, 2.24) is 0 Å². The van der Waals surface area contributed by atoms with Crippen LogP contribution in [0.2, 0.25) is 0 Å². The fourth-order valence-corrected chi connectivity index (χ4v) is 5.16. The van der Waals surface area contributed by atoms with Gasteiger partial charge in [-0.3, -0.25) is 10.1 Å². The maximum absolute atomic E-state index is 11.2. The predicted molar refractivity (Wildman–Crippen MR) is 88.5 cm³/mol. The van der Waals surface area contributed by atoms with E-state index in [9.17, 15) is 10.1 Å². The van der Waals surface area contributed by atoms with E-state index in [2.05, 4.69) is 23.7 Å². The molecule has 21 heavy (non-hydrogen) atoms. The van der Waals surface area contributed by atoms with Crippen LogP contribution < -0.4 is 5.32 Å². The number of hydrogen-bond donors (Lipinski definition) is 1. The summed E-state index contributed by atoms with van der Waals surface area (Å²) in [7, 11) is 0. The molecule has 1 N–H and O–H groups in total. The van der Waals surface area contributed by atoms with Crippen molar-refractivity contribution in [2.24, 2.45) is 0 Å². The van der Waals surface area contributed by atoms with Crippen LogP contribution in [0.25, 0.3) is 0 Å². The molecule has 0 spiro atoms. The summed E-state index contributed by atoms with van der Waals surface area (Å²) in [6.45, 7) is 4.07. The predicted octanol–water partition coefficient (Wildman–Crippen LogP) is 5.00. The van der Waals surface area contributed by atoms with Gasteiger partial charge in [0.2, 0.25) is 0 Å². The highest BCUT2D eigenvalue weighted by atomic mass is 32.2. The van der Waals surface area contributed by atoms with Gasteiger partial charge in [-0.1, -0.05) is 13.0 Å². The first-order chi connectivity index (χ1) is 10.0. The molecule has 0 radical (unpaired) electrons. The van der Waals surface area contributed by atoms with E-state index in [1.54, 1.807) is 17.4 Å². The molecule has 0 amide bonds. The number of nitrogens with one attached hydrogen (secondary N) is 1. The Bertz CT molecular complexity index is 684.